The Hall–Kier alpha value is -4.23. The van der Waals surface area contributed by atoms with Gasteiger partial charge in [-0.2, -0.15) is 13.2 Å². The molecule has 13 heteroatoms. The molecule has 2 aliphatic rings. The van der Waals surface area contributed by atoms with Crippen LogP contribution in [0, 0.1) is 12.8 Å². The lowest BCUT2D eigenvalue weighted by atomic mass is 9.84. The van der Waals surface area contributed by atoms with Crippen LogP contribution in [0.5, 0.6) is 0 Å². The van der Waals surface area contributed by atoms with Crippen LogP contribution in [0.1, 0.15) is 27.5 Å². The van der Waals surface area contributed by atoms with Gasteiger partial charge in [0.15, 0.2) is 0 Å². The predicted molar refractivity (Wildman–Crippen MR) is 152 cm³/mol. The molecule has 2 aromatic heterocycles. The Morgan fingerprint density at radius 2 is 1.74 bits per heavy atom. The van der Waals surface area contributed by atoms with E-state index >= 15 is 0 Å². The molecule has 8 nitrogen and oxygen atoms in total. The number of halogens is 3. The van der Waals surface area contributed by atoms with Crippen LogP contribution < -0.4 is 15.1 Å². The van der Waals surface area contributed by atoms with E-state index in [4.69, 9.17) is 0 Å². The molecule has 2 unspecified atom stereocenters. The zero-order chi connectivity index (χ0) is 29.8. The summed E-state index contributed by atoms with van der Waals surface area (Å²) in [6.45, 7) is 1.47. The van der Waals surface area contributed by atoms with Gasteiger partial charge in [-0.1, -0.05) is 59.5 Å². The molecule has 0 bridgehead atoms. The maximum absolute atomic E-state index is 13.9. The van der Waals surface area contributed by atoms with E-state index in [9.17, 15) is 32.3 Å². The van der Waals surface area contributed by atoms with Crippen molar-refractivity contribution in [2.75, 3.05) is 10.2 Å². The molecule has 214 valence electrons. The molecule has 1 fully saturated rings. The minimum Gasteiger partial charge on any atom is -0.324 e. The van der Waals surface area contributed by atoms with Gasteiger partial charge in [0.25, 0.3) is 0 Å². The minimum absolute atomic E-state index is 0.326. The molecule has 4 heterocycles. The van der Waals surface area contributed by atoms with Crippen molar-refractivity contribution in [1.82, 2.24) is 9.55 Å². The lowest BCUT2D eigenvalue weighted by Gasteiger charge is -2.30. The molecule has 42 heavy (non-hydrogen) atoms. The number of pyridine rings is 1. The summed E-state index contributed by atoms with van der Waals surface area (Å²) in [5.41, 5.74) is 0.287. The number of fused-ring (bicyclic) bond motifs is 2. The Bertz CT molecular complexity index is 1790. The van der Waals surface area contributed by atoms with E-state index in [-0.39, 0.29) is 6.54 Å². The van der Waals surface area contributed by atoms with Gasteiger partial charge in [-0.05, 0) is 42.3 Å². The van der Waals surface area contributed by atoms with Crippen molar-refractivity contribution in [3.8, 4) is 0 Å². The summed E-state index contributed by atoms with van der Waals surface area (Å²) in [5.74, 6) is -4.01. The number of thiazole rings is 1. The quantitative estimate of drug-likeness (QED) is 0.317. The summed E-state index contributed by atoms with van der Waals surface area (Å²) < 4.78 is 42.9. The number of carbonyl (C=O) groups is 3. The summed E-state index contributed by atoms with van der Waals surface area (Å²) in [5, 5.41) is 1.98. The van der Waals surface area contributed by atoms with Crippen molar-refractivity contribution >= 4 is 52.2 Å². The molecule has 3 amide bonds. The number of carbonyl (C=O) groups excluding carboxylic acids is 3. The lowest BCUT2D eigenvalue weighted by molar-refractivity contribution is -0.137. The zero-order valence-corrected chi connectivity index (χ0v) is 23.4. The van der Waals surface area contributed by atoms with E-state index in [1.807, 2.05) is 19.1 Å². The minimum atomic E-state index is -4.80. The highest BCUT2D eigenvalue weighted by Crippen LogP contribution is 2.54. The van der Waals surface area contributed by atoms with Gasteiger partial charge in [-0.15, -0.1) is 0 Å². The third kappa shape index (κ3) is 4.71. The van der Waals surface area contributed by atoms with Crippen molar-refractivity contribution in [3.05, 3.63) is 104 Å². The van der Waals surface area contributed by atoms with E-state index < -0.39 is 57.1 Å². The second-order valence-electron chi connectivity index (χ2n) is 9.84. The number of para-hydroxylation sites is 2. The molecule has 4 aromatic rings. The molecule has 0 aliphatic carbocycles. The van der Waals surface area contributed by atoms with E-state index in [0.717, 1.165) is 40.8 Å². The molecule has 2 aromatic carbocycles. The van der Waals surface area contributed by atoms with Crippen molar-refractivity contribution in [1.29, 1.82) is 0 Å². The Labute approximate surface area is 245 Å². The number of hydrogen-bond acceptors (Lipinski definition) is 7. The second kappa shape index (κ2) is 10.6. The van der Waals surface area contributed by atoms with Crippen LogP contribution >= 0.6 is 23.1 Å². The van der Waals surface area contributed by atoms with E-state index in [2.05, 4.69) is 10.3 Å². The normalized spacial score (nSPS) is 19.9. The van der Waals surface area contributed by atoms with Crippen molar-refractivity contribution in [3.63, 3.8) is 0 Å². The fourth-order valence-electron chi connectivity index (χ4n) is 5.37. The first-order valence-corrected chi connectivity index (χ1v) is 14.5. The van der Waals surface area contributed by atoms with E-state index in [1.54, 1.807) is 24.3 Å². The van der Waals surface area contributed by atoms with Gasteiger partial charge in [0.1, 0.15) is 11.8 Å². The van der Waals surface area contributed by atoms with Crippen molar-refractivity contribution < 1.29 is 27.6 Å². The molecule has 1 saturated heterocycles. The first kappa shape index (κ1) is 27.9. The fourth-order valence-corrected chi connectivity index (χ4v) is 8.14. The Morgan fingerprint density at radius 3 is 2.45 bits per heavy atom. The number of aryl methyl sites for hydroxylation is 1. The van der Waals surface area contributed by atoms with Gasteiger partial charge >= 0.3 is 11.0 Å². The van der Waals surface area contributed by atoms with Crippen LogP contribution in [-0.2, 0) is 27.1 Å². The number of anilines is 2. The number of alkyl halides is 3. The summed E-state index contributed by atoms with van der Waals surface area (Å²) in [7, 11) is 0. The maximum atomic E-state index is 13.9. The molecular weight excluding hydrogens is 589 g/mol. The van der Waals surface area contributed by atoms with Crippen LogP contribution in [0.15, 0.2) is 82.9 Å². The van der Waals surface area contributed by atoms with Crippen LogP contribution in [0.2, 0.25) is 0 Å². The molecule has 6 rings (SSSR count). The molecule has 0 saturated carbocycles. The van der Waals surface area contributed by atoms with Crippen LogP contribution in [0.25, 0.3) is 0 Å². The number of benzene rings is 2. The Balaban J connectivity index is 1.43. The first-order valence-electron chi connectivity index (χ1n) is 12.8. The van der Waals surface area contributed by atoms with Gasteiger partial charge in [0, 0.05) is 28.9 Å². The van der Waals surface area contributed by atoms with E-state index in [1.165, 1.54) is 29.1 Å². The highest BCUT2D eigenvalue weighted by atomic mass is 32.2. The number of nitrogens with zero attached hydrogens (tertiary/aromatic N) is 3. The maximum Gasteiger partial charge on any atom is 0.418 e. The third-order valence-electron chi connectivity index (χ3n) is 7.26. The number of thioether (sulfide) groups is 1. The predicted octanol–water partition coefficient (Wildman–Crippen LogP) is 5.07. The number of rotatable bonds is 5. The van der Waals surface area contributed by atoms with Crippen LogP contribution in [-0.4, -0.2) is 32.5 Å². The summed E-state index contributed by atoms with van der Waals surface area (Å²) in [6, 6.07) is 14.9. The first-order chi connectivity index (χ1) is 20.1. The van der Waals surface area contributed by atoms with E-state index in [0.29, 0.717) is 26.1 Å². The number of nitrogens with one attached hydrogen (secondary N) is 1. The lowest BCUT2D eigenvalue weighted by Crippen LogP contribution is -2.33. The highest BCUT2D eigenvalue weighted by Gasteiger charge is 2.57. The number of amides is 3. The monoisotopic (exact) mass is 610 g/mol. The number of hydrogen-bond donors (Lipinski definition) is 1. The Kier molecular flexibility index (Phi) is 7.01. The molecule has 1 N–H and O–H groups in total. The standard InChI is InChI=1S/C29H21F3N4O4S2/c1-15-7-2-4-10-18(15)34-20(37)14-35-27-24(42-28(35)40)21(16-8-6-12-33-13-16)22-23(41-27)26(39)36(25(22)38)19-11-5-3-9-17(19)29(30,31)32/h2-13,21-23H,14H2,1H3,(H,34,37)/t21-,22?,23?/m1/s1. The Morgan fingerprint density at radius 1 is 1.00 bits per heavy atom. The molecular formula is C29H21F3N4O4S2. The average Bonchev–Trinajstić information content (AvgIpc) is 3.40. The highest BCUT2D eigenvalue weighted by molar-refractivity contribution is 8.00. The average molecular weight is 611 g/mol. The van der Waals surface area contributed by atoms with Crippen LogP contribution in [0.4, 0.5) is 24.5 Å². The summed E-state index contributed by atoms with van der Waals surface area (Å²) in [4.78, 5) is 58.6. The smallest absolute Gasteiger partial charge is 0.324 e. The van der Waals surface area contributed by atoms with Crippen molar-refractivity contribution in [2.24, 2.45) is 5.92 Å². The van der Waals surface area contributed by atoms with Gasteiger partial charge in [0.05, 0.1) is 22.2 Å². The van der Waals surface area contributed by atoms with Gasteiger partial charge in [-0.3, -0.25) is 28.7 Å². The zero-order valence-electron chi connectivity index (χ0n) is 21.8. The summed E-state index contributed by atoms with van der Waals surface area (Å²) >= 11 is 1.77. The SMILES string of the molecule is Cc1ccccc1NC(=O)Cn1c2c(sc1=O)[C@H](c1cccnc1)C1C(=O)N(c3ccccc3C(F)(F)F)C(=O)C1S2. The largest absolute Gasteiger partial charge is 0.418 e. The number of aromatic nitrogens is 2. The van der Waals surface area contributed by atoms with Crippen LogP contribution in [0.3, 0.4) is 0 Å². The molecule has 0 spiro atoms. The second-order valence-corrected chi connectivity index (χ2v) is 12.0. The van der Waals surface area contributed by atoms with Crippen molar-refractivity contribution in [2.45, 2.75) is 35.8 Å². The van der Waals surface area contributed by atoms with Gasteiger partial charge in [-0.25, -0.2) is 4.90 Å². The topological polar surface area (TPSA) is 101 Å². The summed E-state index contributed by atoms with van der Waals surface area (Å²) in [6.07, 6.45) is -1.77. The molecule has 2 aliphatic heterocycles. The number of imide groups is 1. The van der Waals surface area contributed by atoms with Gasteiger partial charge in [0.2, 0.25) is 17.7 Å². The molecule has 0 radical (unpaired) electrons. The fraction of sp³-hybridized carbons (Fsp3) is 0.207. The molecule has 3 atom stereocenters. The van der Waals surface area contributed by atoms with Gasteiger partial charge < -0.3 is 5.32 Å². The third-order valence-corrected chi connectivity index (χ3v) is 9.87.